The number of benzene rings is 2. The molecule has 4 rings (SSSR count). The molecule has 2 aromatic heterocycles. The molecule has 6 heteroatoms. The van der Waals surface area contributed by atoms with Crippen LogP contribution in [0.3, 0.4) is 0 Å². The molecule has 0 bridgehead atoms. The van der Waals surface area contributed by atoms with Crippen molar-refractivity contribution in [2.45, 2.75) is 26.4 Å². The van der Waals surface area contributed by atoms with Crippen molar-refractivity contribution in [3.8, 4) is 5.69 Å². The number of rotatable bonds is 5. The second kappa shape index (κ2) is 7.83. The summed E-state index contributed by atoms with van der Waals surface area (Å²) in [6.07, 6.45) is 3.26. The van der Waals surface area contributed by atoms with E-state index in [2.05, 4.69) is 10.1 Å². The molecule has 1 unspecified atom stereocenters. The van der Waals surface area contributed by atoms with Gasteiger partial charge in [-0.15, -0.1) is 0 Å². The van der Waals surface area contributed by atoms with Crippen LogP contribution in [0.5, 0.6) is 0 Å². The molecular weight excluding hydrogens is 369 g/mol. The van der Waals surface area contributed by atoms with Gasteiger partial charge in [-0.05, 0) is 49.1 Å². The molecule has 0 amide bonds. The Labute approximate surface area is 167 Å². The van der Waals surface area contributed by atoms with Gasteiger partial charge in [-0.25, -0.2) is 13.9 Å². The van der Waals surface area contributed by atoms with Gasteiger partial charge in [-0.1, -0.05) is 31.2 Å². The van der Waals surface area contributed by atoms with Gasteiger partial charge < -0.3 is 4.74 Å². The second-order valence-electron chi connectivity index (χ2n) is 6.71. The molecule has 29 heavy (non-hydrogen) atoms. The van der Waals surface area contributed by atoms with Crippen molar-refractivity contribution in [1.29, 1.82) is 0 Å². The van der Waals surface area contributed by atoms with Crippen LogP contribution in [0.25, 0.3) is 16.5 Å². The number of hydrogen-bond donors (Lipinski definition) is 0. The number of halogens is 1. The first-order chi connectivity index (χ1) is 14.1. The van der Waals surface area contributed by atoms with Gasteiger partial charge in [0.25, 0.3) is 0 Å². The summed E-state index contributed by atoms with van der Waals surface area (Å²) >= 11 is 0. The molecule has 0 saturated carbocycles. The van der Waals surface area contributed by atoms with Crippen molar-refractivity contribution in [2.24, 2.45) is 0 Å². The maximum absolute atomic E-state index is 13.2. The van der Waals surface area contributed by atoms with Gasteiger partial charge in [0, 0.05) is 11.6 Å². The Balaban J connectivity index is 1.62. The van der Waals surface area contributed by atoms with Crippen LogP contribution in [0, 0.1) is 5.82 Å². The number of aromatic nitrogens is 3. The standard InChI is InChI=1S/C23H20FN3O2/c1-3-21-20(14-26-27(21)18-10-8-17(24)9-11-18)23(28)29-15(2)22-19-7-5-4-6-16(19)12-13-25-22/h4-15H,3H2,1-2H3. The summed E-state index contributed by atoms with van der Waals surface area (Å²) in [5.41, 5.74) is 2.50. The normalized spacial score (nSPS) is 12.1. The minimum atomic E-state index is -0.521. The average Bonchev–Trinajstić information content (AvgIpc) is 3.18. The topological polar surface area (TPSA) is 57.0 Å². The number of hydrogen-bond acceptors (Lipinski definition) is 4. The predicted molar refractivity (Wildman–Crippen MR) is 108 cm³/mol. The monoisotopic (exact) mass is 389 g/mol. The van der Waals surface area contributed by atoms with Crippen LogP contribution in [0.2, 0.25) is 0 Å². The van der Waals surface area contributed by atoms with E-state index in [-0.39, 0.29) is 5.82 Å². The van der Waals surface area contributed by atoms with Gasteiger partial charge in [-0.3, -0.25) is 4.98 Å². The Hall–Kier alpha value is -3.54. The van der Waals surface area contributed by atoms with E-state index < -0.39 is 12.1 Å². The highest BCUT2D eigenvalue weighted by Gasteiger charge is 2.22. The van der Waals surface area contributed by atoms with E-state index in [1.807, 2.05) is 44.2 Å². The Morgan fingerprint density at radius 2 is 1.90 bits per heavy atom. The van der Waals surface area contributed by atoms with E-state index in [0.29, 0.717) is 29.1 Å². The van der Waals surface area contributed by atoms with E-state index in [4.69, 9.17) is 4.74 Å². The number of fused-ring (bicyclic) bond motifs is 1. The number of carbonyl (C=O) groups is 1. The number of ether oxygens (including phenoxy) is 1. The third kappa shape index (κ3) is 3.61. The lowest BCUT2D eigenvalue weighted by Gasteiger charge is -2.15. The molecule has 146 valence electrons. The van der Waals surface area contributed by atoms with E-state index >= 15 is 0 Å². The van der Waals surface area contributed by atoms with Gasteiger partial charge in [0.15, 0.2) is 0 Å². The second-order valence-corrected chi connectivity index (χ2v) is 6.71. The van der Waals surface area contributed by atoms with Crippen molar-refractivity contribution < 1.29 is 13.9 Å². The fraction of sp³-hybridized carbons (Fsp3) is 0.174. The highest BCUT2D eigenvalue weighted by atomic mass is 19.1. The molecule has 0 aliphatic rings. The van der Waals surface area contributed by atoms with Crippen molar-refractivity contribution in [2.75, 3.05) is 0 Å². The Morgan fingerprint density at radius 3 is 2.66 bits per heavy atom. The average molecular weight is 389 g/mol. The Bertz CT molecular complexity index is 1160. The van der Waals surface area contributed by atoms with Crippen LogP contribution < -0.4 is 0 Å². The third-order valence-corrected chi connectivity index (χ3v) is 4.87. The number of esters is 1. The first kappa shape index (κ1) is 18.8. The Morgan fingerprint density at radius 1 is 1.14 bits per heavy atom. The molecule has 0 aliphatic carbocycles. The fourth-order valence-electron chi connectivity index (χ4n) is 3.44. The summed E-state index contributed by atoms with van der Waals surface area (Å²) < 4.78 is 20.6. The zero-order valence-electron chi connectivity index (χ0n) is 16.2. The van der Waals surface area contributed by atoms with Crippen molar-refractivity contribution in [3.05, 3.63) is 89.8 Å². The molecule has 0 aliphatic heterocycles. The fourth-order valence-corrected chi connectivity index (χ4v) is 3.44. The van der Waals surface area contributed by atoms with Crippen LogP contribution >= 0.6 is 0 Å². The molecule has 0 N–H and O–H groups in total. The largest absolute Gasteiger partial charge is 0.452 e. The zero-order chi connectivity index (χ0) is 20.4. The first-order valence-electron chi connectivity index (χ1n) is 9.46. The van der Waals surface area contributed by atoms with E-state index in [9.17, 15) is 9.18 Å². The Kier molecular flexibility index (Phi) is 5.08. The van der Waals surface area contributed by atoms with Crippen molar-refractivity contribution in [3.63, 3.8) is 0 Å². The van der Waals surface area contributed by atoms with Crippen molar-refractivity contribution in [1.82, 2.24) is 14.8 Å². The summed E-state index contributed by atoms with van der Waals surface area (Å²) in [4.78, 5) is 17.3. The van der Waals surface area contributed by atoms with Gasteiger partial charge in [0.2, 0.25) is 0 Å². The molecule has 2 aromatic carbocycles. The highest BCUT2D eigenvalue weighted by Crippen LogP contribution is 2.26. The number of nitrogens with zero attached hydrogens (tertiary/aromatic N) is 3. The summed E-state index contributed by atoms with van der Waals surface area (Å²) in [5.74, 6) is -0.785. The van der Waals surface area contributed by atoms with E-state index in [1.54, 1.807) is 23.0 Å². The van der Waals surface area contributed by atoms with Gasteiger partial charge in [0.05, 0.1) is 23.3 Å². The number of pyridine rings is 1. The summed E-state index contributed by atoms with van der Waals surface area (Å²) in [5, 5.41) is 6.31. The highest BCUT2D eigenvalue weighted by molar-refractivity contribution is 5.91. The van der Waals surface area contributed by atoms with E-state index in [1.165, 1.54) is 18.3 Å². The van der Waals surface area contributed by atoms with E-state index in [0.717, 1.165) is 10.8 Å². The molecule has 0 radical (unpaired) electrons. The van der Waals surface area contributed by atoms with Crippen LogP contribution in [0.1, 0.15) is 41.7 Å². The van der Waals surface area contributed by atoms with Crippen LogP contribution in [-0.4, -0.2) is 20.7 Å². The third-order valence-electron chi connectivity index (χ3n) is 4.87. The lowest BCUT2D eigenvalue weighted by atomic mass is 10.1. The maximum atomic E-state index is 13.2. The minimum absolute atomic E-state index is 0.324. The molecule has 5 nitrogen and oxygen atoms in total. The summed E-state index contributed by atoms with van der Waals surface area (Å²) in [7, 11) is 0. The van der Waals surface area contributed by atoms with Crippen LogP contribution in [-0.2, 0) is 11.2 Å². The van der Waals surface area contributed by atoms with Crippen molar-refractivity contribution >= 4 is 16.7 Å². The minimum Gasteiger partial charge on any atom is -0.452 e. The number of carbonyl (C=O) groups excluding carboxylic acids is 1. The predicted octanol–water partition coefficient (Wildman–Crippen LogP) is 5.04. The van der Waals surface area contributed by atoms with Crippen LogP contribution in [0.15, 0.2) is 67.0 Å². The molecular formula is C23H20FN3O2. The molecule has 1 atom stereocenters. The van der Waals surface area contributed by atoms with Crippen LogP contribution in [0.4, 0.5) is 4.39 Å². The smallest absolute Gasteiger partial charge is 0.342 e. The lowest BCUT2D eigenvalue weighted by molar-refractivity contribution is 0.0331. The maximum Gasteiger partial charge on any atom is 0.342 e. The molecule has 0 saturated heterocycles. The molecule has 2 heterocycles. The first-order valence-corrected chi connectivity index (χ1v) is 9.46. The van der Waals surface area contributed by atoms with Gasteiger partial charge in [-0.2, -0.15) is 5.10 Å². The molecule has 0 fully saturated rings. The summed E-state index contributed by atoms with van der Waals surface area (Å²) in [6, 6.07) is 15.8. The van der Waals surface area contributed by atoms with Gasteiger partial charge in [0.1, 0.15) is 17.5 Å². The zero-order valence-corrected chi connectivity index (χ0v) is 16.2. The lowest BCUT2D eigenvalue weighted by Crippen LogP contribution is -2.13. The molecule has 4 aromatic rings. The molecule has 0 spiro atoms. The quantitative estimate of drug-likeness (QED) is 0.449. The summed E-state index contributed by atoms with van der Waals surface area (Å²) in [6.45, 7) is 3.74. The SMILES string of the molecule is CCc1c(C(=O)OC(C)c2nccc3ccccc23)cnn1-c1ccc(F)cc1. The van der Waals surface area contributed by atoms with Gasteiger partial charge >= 0.3 is 5.97 Å².